The molecule has 9 heteroatoms. The zero-order chi connectivity index (χ0) is 13.4. The fourth-order valence-electron chi connectivity index (χ4n) is 1.51. The summed E-state index contributed by atoms with van der Waals surface area (Å²) in [7, 11) is 1.52. The van der Waals surface area contributed by atoms with E-state index < -0.39 is 16.7 Å². The number of nitrogens with two attached hydrogens (primary N) is 2. The Kier molecular flexibility index (Phi) is 2.51. The van der Waals surface area contributed by atoms with E-state index in [-0.39, 0.29) is 22.8 Å². The molecule has 0 unspecified atom stereocenters. The van der Waals surface area contributed by atoms with Gasteiger partial charge in [-0.1, -0.05) is 0 Å². The van der Waals surface area contributed by atoms with Crippen molar-refractivity contribution in [3.63, 3.8) is 0 Å². The lowest BCUT2D eigenvalue weighted by atomic mass is 10.2. The minimum absolute atomic E-state index is 0.0262. The number of primary amides is 1. The van der Waals surface area contributed by atoms with Gasteiger partial charge in [-0.05, 0) is 6.07 Å². The lowest BCUT2D eigenvalue weighted by Gasteiger charge is -1.95. The Morgan fingerprint density at radius 1 is 1.56 bits per heavy atom. The molecule has 0 aromatic carbocycles. The third-order valence-electron chi connectivity index (χ3n) is 2.34. The van der Waals surface area contributed by atoms with Crippen molar-refractivity contribution in [2.45, 2.75) is 0 Å². The molecule has 0 bridgehead atoms. The molecule has 0 radical (unpaired) electrons. The molecule has 0 aliphatic carbocycles. The molecule has 9 nitrogen and oxygen atoms in total. The molecule has 0 aliphatic rings. The maximum Gasteiger partial charge on any atom is 0.433 e. The number of carbonyl (C=O) groups is 1. The van der Waals surface area contributed by atoms with E-state index in [1.54, 1.807) is 0 Å². The highest BCUT2D eigenvalue weighted by Crippen LogP contribution is 2.30. The summed E-state index contributed by atoms with van der Waals surface area (Å²) in [6.45, 7) is 0. The maximum atomic E-state index is 11.3. The molecule has 4 N–H and O–H groups in total. The normalized spacial score (nSPS) is 10.5. The van der Waals surface area contributed by atoms with Crippen LogP contribution in [0.25, 0.3) is 11.5 Å². The van der Waals surface area contributed by atoms with Crippen LogP contribution >= 0.6 is 0 Å². The van der Waals surface area contributed by atoms with Crippen molar-refractivity contribution in [1.82, 2.24) is 9.78 Å². The Balaban J connectivity index is 2.59. The van der Waals surface area contributed by atoms with Gasteiger partial charge in [0.2, 0.25) is 0 Å². The Labute approximate surface area is 100 Å². The summed E-state index contributed by atoms with van der Waals surface area (Å²) in [4.78, 5) is 21.1. The third kappa shape index (κ3) is 1.67. The van der Waals surface area contributed by atoms with Crippen LogP contribution in [0.4, 0.5) is 11.7 Å². The average Bonchev–Trinajstić information content (AvgIpc) is 2.84. The van der Waals surface area contributed by atoms with Crippen LogP contribution in [0, 0.1) is 10.1 Å². The van der Waals surface area contributed by atoms with E-state index in [1.807, 2.05) is 0 Å². The van der Waals surface area contributed by atoms with Crippen LogP contribution in [0.15, 0.2) is 16.5 Å². The predicted molar refractivity (Wildman–Crippen MR) is 60.5 cm³/mol. The average molecular weight is 251 g/mol. The van der Waals surface area contributed by atoms with E-state index in [2.05, 4.69) is 5.10 Å². The quantitative estimate of drug-likeness (QED) is 0.591. The molecule has 2 aromatic heterocycles. The summed E-state index contributed by atoms with van der Waals surface area (Å²) in [5, 5.41) is 14.5. The predicted octanol–water partition coefficient (Wildman–Crippen LogP) is 0.269. The zero-order valence-corrected chi connectivity index (χ0v) is 9.28. The van der Waals surface area contributed by atoms with E-state index >= 15 is 0 Å². The van der Waals surface area contributed by atoms with Crippen LogP contribution in [-0.4, -0.2) is 20.6 Å². The number of nitrogen functional groups attached to an aromatic ring is 1. The number of anilines is 1. The number of hydrogen-bond donors (Lipinski definition) is 2. The first-order valence-corrected chi connectivity index (χ1v) is 4.78. The van der Waals surface area contributed by atoms with Crippen LogP contribution in [0.5, 0.6) is 0 Å². The first-order valence-electron chi connectivity index (χ1n) is 4.78. The summed E-state index contributed by atoms with van der Waals surface area (Å²) in [6, 6.07) is 2.48. The van der Waals surface area contributed by atoms with Gasteiger partial charge >= 0.3 is 5.88 Å². The van der Waals surface area contributed by atoms with Gasteiger partial charge in [0, 0.05) is 7.05 Å². The molecule has 0 saturated carbocycles. The molecule has 2 rings (SSSR count). The van der Waals surface area contributed by atoms with Gasteiger partial charge < -0.3 is 15.9 Å². The smallest absolute Gasteiger partial charge is 0.399 e. The molecule has 2 heterocycles. The van der Waals surface area contributed by atoms with Crippen molar-refractivity contribution >= 4 is 17.6 Å². The van der Waals surface area contributed by atoms with E-state index in [4.69, 9.17) is 15.9 Å². The summed E-state index contributed by atoms with van der Waals surface area (Å²) in [5.74, 6) is -1.11. The van der Waals surface area contributed by atoms with E-state index in [0.29, 0.717) is 0 Å². The number of rotatable bonds is 3. The van der Waals surface area contributed by atoms with E-state index in [0.717, 1.165) is 6.07 Å². The highest BCUT2D eigenvalue weighted by molar-refractivity contribution is 6.02. The second kappa shape index (κ2) is 3.87. The highest BCUT2D eigenvalue weighted by Gasteiger charge is 2.24. The SMILES string of the molecule is Cn1nc(-c2ccc([N+](=O)[O-])o2)c(C(N)=O)c1N. The number of hydrogen-bond acceptors (Lipinski definition) is 6. The fraction of sp³-hybridized carbons (Fsp3) is 0.111. The van der Waals surface area contributed by atoms with Crippen LogP contribution in [0.1, 0.15) is 10.4 Å². The monoisotopic (exact) mass is 251 g/mol. The number of aryl methyl sites for hydroxylation is 1. The van der Waals surface area contributed by atoms with Crippen molar-refractivity contribution in [1.29, 1.82) is 0 Å². The minimum atomic E-state index is -0.783. The van der Waals surface area contributed by atoms with Gasteiger partial charge in [0.05, 0.1) is 6.07 Å². The second-order valence-electron chi connectivity index (χ2n) is 3.49. The largest absolute Gasteiger partial charge is 0.433 e. The van der Waals surface area contributed by atoms with Gasteiger partial charge in [-0.15, -0.1) is 0 Å². The Hall–Kier alpha value is -2.84. The highest BCUT2D eigenvalue weighted by atomic mass is 16.6. The number of amides is 1. The van der Waals surface area contributed by atoms with E-state index in [9.17, 15) is 14.9 Å². The van der Waals surface area contributed by atoms with Crippen LogP contribution in [0.3, 0.4) is 0 Å². The first kappa shape index (κ1) is 11.6. The van der Waals surface area contributed by atoms with Gasteiger partial charge in [-0.25, -0.2) is 0 Å². The number of carbonyl (C=O) groups excluding carboxylic acids is 1. The first-order chi connectivity index (χ1) is 8.41. The number of nitrogens with zero attached hydrogens (tertiary/aromatic N) is 3. The maximum absolute atomic E-state index is 11.3. The molecule has 0 fully saturated rings. The lowest BCUT2D eigenvalue weighted by molar-refractivity contribution is -0.401. The number of aromatic nitrogens is 2. The number of nitro groups is 1. The van der Waals surface area contributed by atoms with Gasteiger partial charge in [0.25, 0.3) is 5.91 Å². The molecular weight excluding hydrogens is 242 g/mol. The van der Waals surface area contributed by atoms with Gasteiger partial charge in [-0.3, -0.25) is 19.6 Å². The molecule has 0 atom stereocenters. The summed E-state index contributed by atoms with van der Waals surface area (Å²) < 4.78 is 6.19. The van der Waals surface area contributed by atoms with Crippen LogP contribution in [-0.2, 0) is 7.05 Å². The van der Waals surface area contributed by atoms with Crippen molar-refractivity contribution in [3.8, 4) is 11.5 Å². The Bertz CT molecular complexity index is 641. The summed E-state index contributed by atoms with van der Waals surface area (Å²) in [6.07, 6.45) is 0. The zero-order valence-electron chi connectivity index (χ0n) is 9.28. The van der Waals surface area contributed by atoms with Crippen molar-refractivity contribution < 1.29 is 14.1 Å². The molecule has 94 valence electrons. The third-order valence-corrected chi connectivity index (χ3v) is 2.34. The van der Waals surface area contributed by atoms with Crippen molar-refractivity contribution in [2.24, 2.45) is 12.8 Å². The molecule has 0 saturated heterocycles. The molecule has 0 aliphatic heterocycles. The minimum Gasteiger partial charge on any atom is -0.399 e. The van der Waals surface area contributed by atoms with Crippen LogP contribution < -0.4 is 11.5 Å². The van der Waals surface area contributed by atoms with Crippen molar-refractivity contribution in [2.75, 3.05) is 5.73 Å². The lowest BCUT2D eigenvalue weighted by Crippen LogP contribution is -2.14. The summed E-state index contributed by atoms with van der Waals surface area (Å²) >= 11 is 0. The van der Waals surface area contributed by atoms with Gasteiger partial charge in [0.15, 0.2) is 5.76 Å². The molecule has 2 aromatic rings. The Morgan fingerprint density at radius 3 is 2.72 bits per heavy atom. The molecular formula is C9H9N5O4. The second-order valence-corrected chi connectivity index (χ2v) is 3.49. The molecule has 1 amide bonds. The molecule has 18 heavy (non-hydrogen) atoms. The van der Waals surface area contributed by atoms with E-state index in [1.165, 1.54) is 17.8 Å². The topological polar surface area (TPSA) is 143 Å². The van der Waals surface area contributed by atoms with Crippen LogP contribution in [0.2, 0.25) is 0 Å². The molecule has 0 spiro atoms. The number of furan rings is 1. The Morgan fingerprint density at radius 2 is 2.22 bits per heavy atom. The standard InChI is InChI=1S/C9H9N5O4/c1-13-8(10)6(9(11)15)7(12-13)4-2-3-5(18-4)14(16)17/h2-3H,10H2,1H3,(H2,11,15). The summed E-state index contributed by atoms with van der Waals surface area (Å²) in [5.41, 5.74) is 10.9. The fourth-order valence-corrected chi connectivity index (χ4v) is 1.51. The van der Waals surface area contributed by atoms with Gasteiger partial charge in [0.1, 0.15) is 22.0 Å². The van der Waals surface area contributed by atoms with Gasteiger partial charge in [-0.2, -0.15) is 5.10 Å². The van der Waals surface area contributed by atoms with Crippen molar-refractivity contribution in [3.05, 3.63) is 27.8 Å².